The van der Waals surface area contributed by atoms with Crippen LogP contribution in [-0.4, -0.2) is 19.1 Å². The predicted octanol–water partition coefficient (Wildman–Crippen LogP) is 1.44. The summed E-state index contributed by atoms with van der Waals surface area (Å²) in [6.07, 6.45) is 1.10. The summed E-state index contributed by atoms with van der Waals surface area (Å²) in [5.74, 6) is 0. The molecule has 0 amide bonds. The van der Waals surface area contributed by atoms with Crippen molar-refractivity contribution in [3.63, 3.8) is 0 Å². The fraction of sp³-hybridized carbons (Fsp3) is 1.00. The van der Waals surface area contributed by atoms with E-state index in [1.54, 1.807) is 0 Å². The molecule has 0 aromatic rings. The van der Waals surface area contributed by atoms with Crippen LogP contribution in [0.2, 0.25) is 13.1 Å². The highest BCUT2D eigenvalue weighted by molar-refractivity contribution is 7.82. The predicted molar refractivity (Wildman–Crippen MR) is 49.6 cm³/mol. The van der Waals surface area contributed by atoms with Crippen molar-refractivity contribution in [1.29, 1.82) is 0 Å². The van der Waals surface area contributed by atoms with Crippen LogP contribution in [0.1, 0.15) is 13.3 Å². The molecule has 0 aromatic heterocycles. The average molecular weight is 163 g/mol. The highest BCUT2D eigenvalue weighted by Gasteiger charge is 2.25. The number of hydrogen-bond acceptors (Lipinski definition) is 2. The first kappa shape index (κ1) is 9.53. The van der Waals surface area contributed by atoms with E-state index in [-0.39, 0.29) is 0 Å². The van der Waals surface area contributed by atoms with Gasteiger partial charge in [-0.3, -0.25) is 0 Å². The summed E-state index contributed by atoms with van der Waals surface area (Å²) in [6, 6.07) is 0. The van der Waals surface area contributed by atoms with Gasteiger partial charge in [-0.05, 0) is 17.5 Å². The normalized spacial score (nSPS) is 15.7. The lowest BCUT2D eigenvalue weighted by Gasteiger charge is -2.26. The molecule has 0 bridgehead atoms. The number of hydrogen-bond donors (Lipinski definition) is 2. The fourth-order valence-electron chi connectivity index (χ4n) is 0.670. The lowest BCUT2D eigenvalue weighted by molar-refractivity contribution is 0.820. The maximum Gasteiger partial charge on any atom is 0.0758 e. The maximum atomic E-state index is 5.87. The molecule has 0 radical (unpaired) electrons. The van der Waals surface area contributed by atoms with Crippen LogP contribution in [0.3, 0.4) is 0 Å². The summed E-state index contributed by atoms with van der Waals surface area (Å²) in [4.78, 5) is 0. The van der Waals surface area contributed by atoms with Crippen molar-refractivity contribution in [2.45, 2.75) is 32.1 Å². The maximum absolute atomic E-state index is 5.87. The van der Waals surface area contributed by atoms with Gasteiger partial charge in [0.25, 0.3) is 0 Å². The standard InChI is InChI=1S/C6H17NSSi/c1-4-6(7)9(2,3)5-8/h6,8H,4-5,7H2,1-3H3. The van der Waals surface area contributed by atoms with Crippen LogP contribution < -0.4 is 5.73 Å². The van der Waals surface area contributed by atoms with E-state index in [0.29, 0.717) is 5.67 Å². The van der Waals surface area contributed by atoms with E-state index in [2.05, 4.69) is 32.6 Å². The minimum absolute atomic E-state index is 0.426. The molecule has 0 saturated heterocycles. The molecule has 0 heterocycles. The smallest absolute Gasteiger partial charge is 0.0758 e. The molecule has 1 atom stereocenters. The van der Waals surface area contributed by atoms with Gasteiger partial charge >= 0.3 is 0 Å². The molecule has 0 aromatic carbocycles. The van der Waals surface area contributed by atoms with Crippen LogP contribution in [0.5, 0.6) is 0 Å². The molecule has 0 aliphatic heterocycles. The van der Waals surface area contributed by atoms with Gasteiger partial charge in [-0.25, -0.2) is 0 Å². The summed E-state index contributed by atoms with van der Waals surface area (Å²) >= 11 is 4.28. The summed E-state index contributed by atoms with van der Waals surface area (Å²) in [5.41, 5.74) is 6.30. The van der Waals surface area contributed by atoms with E-state index < -0.39 is 8.07 Å². The Labute approximate surface area is 64.4 Å². The third kappa shape index (κ3) is 2.73. The molecule has 1 unspecified atom stereocenters. The van der Waals surface area contributed by atoms with Crippen molar-refractivity contribution >= 4 is 20.7 Å². The van der Waals surface area contributed by atoms with Gasteiger partial charge in [-0.15, -0.1) is 0 Å². The average Bonchev–Trinajstić information content (AvgIpc) is 1.86. The molecule has 0 rings (SSSR count). The largest absolute Gasteiger partial charge is 0.330 e. The Hall–Kier alpha value is 0.527. The third-order valence-electron chi connectivity index (χ3n) is 1.85. The highest BCUT2D eigenvalue weighted by atomic mass is 32.1. The van der Waals surface area contributed by atoms with Crippen molar-refractivity contribution in [3.05, 3.63) is 0 Å². The molecule has 0 aliphatic rings. The Kier molecular flexibility index (Phi) is 3.85. The zero-order valence-corrected chi connectivity index (χ0v) is 8.41. The monoisotopic (exact) mass is 163 g/mol. The van der Waals surface area contributed by atoms with Gasteiger partial charge in [0.1, 0.15) is 0 Å². The second-order valence-corrected chi connectivity index (χ2v) is 9.15. The molecule has 0 saturated carbocycles. The first-order valence-corrected chi connectivity index (χ1v) is 7.32. The van der Waals surface area contributed by atoms with Gasteiger partial charge in [0.15, 0.2) is 0 Å². The molecule has 9 heavy (non-hydrogen) atoms. The first-order chi connectivity index (χ1) is 4.04. The van der Waals surface area contributed by atoms with Crippen molar-refractivity contribution in [2.24, 2.45) is 5.73 Å². The van der Waals surface area contributed by atoms with E-state index in [1.165, 1.54) is 0 Å². The highest BCUT2D eigenvalue weighted by Crippen LogP contribution is 2.10. The Morgan fingerprint density at radius 2 is 2.00 bits per heavy atom. The SMILES string of the molecule is CCC(N)[Si](C)(C)CS. The van der Waals surface area contributed by atoms with Gasteiger partial charge in [0.05, 0.1) is 8.07 Å². The second kappa shape index (κ2) is 3.64. The summed E-state index contributed by atoms with van der Waals surface area (Å²) < 4.78 is 0. The Balaban J connectivity index is 3.80. The molecular weight excluding hydrogens is 146 g/mol. The van der Waals surface area contributed by atoms with Crippen LogP contribution in [0.15, 0.2) is 0 Å². The lowest BCUT2D eigenvalue weighted by atomic mass is 10.5. The van der Waals surface area contributed by atoms with E-state index >= 15 is 0 Å². The van der Waals surface area contributed by atoms with Gasteiger partial charge in [-0.2, -0.15) is 12.6 Å². The minimum atomic E-state index is -1.14. The van der Waals surface area contributed by atoms with Gasteiger partial charge in [0.2, 0.25) is 0 Å². The molecule has 0 spiro atoms. The van der Waals surface area contributed by atoms with Crippen molar-refractivity contribution in [3.8, 4) is 0 Å². The van der Waals surface area contributed by atoms with Crippen molar-refractivity contribution < 1.29 is 0 Å². The zero-order chi connectivity index (χ0) is 7.49. The molecule has 1 nitrogen and oxygen atoms in total. The van der Waals surface area contributed by atoms with E-state index in [1.807, 2.05) is 0 Å². The van der Waals surface area contributed by atoms with Gasteiger partial charge < -0.3 is 5.73 Å². The Morgan fingerprint density at radius 3 is 2.11 bits per heavy atom. The van der Waals surface area contributed by atoms with Crippen LogP contribution in [0.4, 0.5) is 0 Å². The fourth-order valence-corrected chi connectivity index (χ4v) is 2.71. The molecule has 56 valence electrons. The van der Waals surface area contributed by atoms with Gasteiger partial charge in [-0.1, -0.05) is 20.0 Å². The summed E-state index contributed by atoms with van der Waals surface area (Å²) in [7, 11) is -1.14. The molecular formula is C6H17NSSi. The van der Waals surface area contributed by atoms with Crippen LogP contribution >= 0.6 is 12.6 Å². The van der Waals surface area contributed by atoms with Crippen LogP contribution in [0.25, 0.3) is 0 Å². The molecule has 2 N–H and O–H groups in total. The van der Waals surface area contributed by atoms with E-state index in [9.17, 15) is 0 Å². The van der Waals surface area contributed by atoms with Crippen molar-refractivity contribution in [1.82, 2.24) is 0 Å². The minimum Gasteiger partial charge on any atom is -0.330 e. The Bertz CT molecular complexity index is 85.1. The lowest BCUT2D eigenvalue weighted by Crippen LogP contribution is -2.49. The van der Waals surface area contributed by atoms with E-state index in [0.717, 1.165) is 11.8 Å². The Morgan fingerprint density at radius 1 is 1.56 bits per heavy atom. The zero-order valence-electron chi connectivity index (χ0n) is 6.52. The van der Waals surface area contributed by atoms with Crippen LogP contribution in [-0.2, 0) is 0 Å². The van der Waals surface area contributed by atoms with E-state index in [4.69, 9.17) is 5.73 Å². The topological polar surface area (TPSA) is 26.0 Å². The molecule has 3 heteroatoms. The number of rotatable bonds is 3. The van der Waals surface area contributed by atoms with Gasteiger partial charge in [0, 0.05) is 0 Å². The molecule has 0 aliphatic carbocycles. The summed E-state index contributed by atoms with van der Waals surface area (Å²) in [5, 5.41) is 1.00. The first-order valence-electron chi connectivity index (χ1n) is 3.41. The second-order valence-electron chi connectivity index (χ2n) is 3.16. The third-order valence-corrected chi connectivity index (χ3v) is 7.53. The van der Waals surface area contributed by atoms with Crippen molar-refractivity contribution in [2.75, 3.05) is 5.38 Å². The quantitative estimate of drug-likeness (QED) is 0.478. The number of nitrogens with two attached hydrogens (primary N) is 1. The summed E-state index contributed by atoms with van der Waals surface area (Å²) in [6.45, 7) is 6.71. The molecule has 0 fully saturated rings. The van der Waals surface area contributed by atoms with Crippen LogP contribution in [0, 0.1) is 0 Å². The number of thiol groups is 1.